The van der Waals surface area contributed by atoms with Crippen molar-refractivity contribution < 1.29 is 14.6 Å². The van der Waals surface area contributed by atoms with Gasteiger partial charge in [0.2, 0.25) is 0 Å². The maximum absolute atomic E-state index is 9.25. The second kappa shape index (κ2) is 10.7. The molecule has 0 aliphatic heterocycles. The molecule has 0 amide bonds. The fourth-order valence-corrected chi connectivity index (χ4v) is 0.933. The van der Waals surface area contributed by atoms with Crippen molar-refractivity contribution in [3.05, 3.63) is 12.7 Å². The number of nitrogens with one attached hydrogen (secondary N) is 1. The summed E-state index contributed by atoms with van der Waals surface area (Å²) in [5, 5.41) is 12.3. The number of methoxy groups -OCH3 is 1. The van der Waals surface area contributed by atoms with Crippen molar-refractivity contribution >= 4 is 0 Å². The molecule has 0 aromatic heterocycles. The van der Waals surface area contributed by atoms with Crippen molar-refractivity contribution in [2.45, 2.75) is 12.5 Å². The molecule has 0 aliphatic rings. The third-order valence-electron chi connectivity index (χ3n) is 1.63. The van der Waals surface area contributed by atoms with Crippen LogP contribution in [-0.4, -0.2) is 51.2 Å². The van der Waals surface area contributed by atoms with E-state index in [0.717, 1.165) is 13.0 Å². The average molecular weight is 203 g/mol. The van der Waals surface area contributed by atoms with Gasteiger partial charge in [0.25, 0.3) is 0 Å². The maximum Gasteiger partial charge on any atom is 0.0897 e. The smallest absolute Gasteiger partial charge is 0.0897 e. The Morgan fingerprint density at radius 2 is 2.29 bits per heavy atom. The predicted molar refractivity (Wildman–Crippen MR) is 56.4 cm³/mol. The summed E-state index contributed by atoms with van der Waals surface area (Å²) in [6.45, 7) is 6.62. The van der Waals surface area contributed by atoms with E-state index in [1.165, 1.54) is 0 Å². The second-order valence-corrected chi connectivity index (χ2v) is 3.00. The molecule has 0 aromatic carbocycles. The van der Waals surface area contributed by atoms with Gasteiger partial charge in [0, 0.05) is 20.2 Å². The largest absolute Gasteiger partial charge is 0.389 e. The summed E-state index contributed by atoms with van der Waals surface area (Å²) in [6.07, 6.45) is 2.27. The summed E-state index contributed by atoms with van der Waals surface area (Å²) in [5.41, 5.74) is 0. The minimum absolute atomic E-state index is 0.365. The highest BCUT2D eigenvalue weighted by atomic mass is 16.5. The van der Waals surface area contributed by atoms with Crippen LogP contribution >= 0.6 is 0 Å². The lowest BCUT2D eigenvalue weighted by molar-refractivity contribution is 0.0622. The molecule has 0 aromatic rings. The number of hydrogen-bond acceptors (Lipinski definition) is 4. The lowest BCUT2D eigenvalue weighted by Crippen LogP contribution is -2.32. The van der Waals surface area contributed by atoms with E-state index in [-0.39, 0.29) is 0 Å². The fourth-order valence-electron chi connectivity index (χ4n) is 0.933. The summed E-state index contributed by atoms with van der Waals surface area (Å²) >= 11 is 0. The molecule has 0 heterocycles. The summed E-state index contributed by atoms with van der Waals surface area (Å²) < 4.78 is 10.1. The first-order valence-electron chi connectivity index (χ1n) is 4.87. The van der Waals surface area contributed by atoms with Crippen LogP contribution in [-0.2, 0) is 9.47 Å². The highest BCUT2D eigenvalue weighted by molar-refractivity contribution is 4.64. The Kier molecular flexibility index (Phi) is 10.3. The van der Waals surface area contributed by atoms with Crippen molar-refractivity contribution in [2.24, 2.45) is 0 Å². The van der Waals surface area contributed by atoms with E-state index in [0.29, 0.717) is 26.4 Å². The van der Waals surface area contributed by atoms with Gasteiger partial charge in [-0.2, -0.15) is 0 Å². The lowest BCUT2D eigenvalue weighted by Gasteiger charge is -2.10. The molecule has 0 fully saturated rings. The Morgan fingerprint density at radius 3 is 2.93 bits per heavy atom. The van der Waals surface area contributed by atoms with Crippen LogP contribution in [0.3, 0.4) is 0 Å². The molecule has 4 heteroatoms. The first-order chi connectivity index (χ1) is 6.81. The van der Waals surface area contributed by atoms with Crippen LogP contribution in [0.25, 0.3) is 0 Å². The predicted octanol–water partition coefficient (Wildman–Crippen LogP) is 0.176. The van der Waals surface area contributed by atoms with Gasteiger partial charge in [-0.1, -0.05) is 6.08 Å². The molecule has 4 nitrogen and oxygen atoms in total. The van der Waals surface area contributed by atoms with Crippen LogP contribution < -0.4 is 5.32 Å². The van der Waals surface area contributed by atoms with Gasteiger partial charge in [0.1, 0.15) is 0 Å². The van der Waals surface area contributed by atoms with Crippen LogP contribution in [0.4, 0.5) is 0 Å². The SMILES string of the molecule is C=CCCOCCNCC(O)COC. The van der Waals surface area contributed by atoms with E-state index >= 15 is 0 Å². The Morgan fingerprint density at radius 1 is 1.50 bits per heavy atom. The monoisotopic (exact) mass is 203 g/mol. The summed E-state index contributed by atoms with van der Waals surface area (Å²) in [7, 11) is 1.57. The van der Waals surface area contributed by atoms with Crippen molar-refractivity contribution in [3.63, 3.8) is 0 Å². The van der Waals surface area contributed by atoms with Crippen molar-refractivity contribution in [1.29, 1.82) is 0 Å². The van der Waals surface area contributed by atoms with E-state index in [4.69, 9.17) is 9.47 Å². The minimum atomic E-state index is -0.437. The Balaban J connectivity index is 3.01. The van der Waals surface area contributed by atoms with E-state index in [9.17, 15) is 5.11 Å². The number of ether oxygens (including phenoxy) is 2. The summed E-state index contributed by atoms with van der Waals surface area (Å²) in [5.74, 6) is 0. The zero-order valence-corrected chi connectivity index (χ0v) is 8.87. The van der Waals surface area contributed by atoms with E-state index < -0.39 is 6.10 Å². The Bertz CT molecular complexity index is 131. The highest BCUT2D eigenvalue weighted by Gasteiger charge is 2.00. The van der Waals surface area contributed by atoms with Crippen molar-refractivity contribution in [2.75, 3.05) is 40.0 Å². The summed E-state index contributed by atoms with van der Waals surface area (Å²) in [6, 6.07) is 0. The van der Waals surface area contributed by atoms with Crippen LogP contribution in [0.15, 0.2) is 12.7 Å². The number of aliphatic hydroxyl groups excluding tert-OH is 1. The quantitative estimate of drug-likeness (QED) is 0.393. The van der Waals surface area contributed by atoms with Gasteiger partial charge in [0.15, 0.2) is 0 Å². The van der Waals surface area contributed by atoms with Gasteiger partial charge in [-0.15, -0.1) is 6.58 Å². The number of aliphatic hydroxyl groups is 1. The van der Waals surface area contributed by atoms with Crippen molar-refractivity contribution in [3.8, 4) is 0 Å². The topological polar surface area (TPSA) is 50.7 Å². The molecule has 1 unspecified atom stereocenters. The molecular formula is C10H21NO3. The van der Waals surface area contributed by atoms with E-state index in [2.05, 4.69) is 11.9 Å². The lowest BCUT2D eigenvalue weighted by atomic mass is 10.4. The van der Waals surface area contributed by atoms with Crippen molar-refractivity contribution in [1.82, 2.24) is 5.32 Å². The molecule has 0 rings (SSSR count). The van der Waals surface area contributed by atoms with Crippen LogP contribution in [0.1, 0.15) is 6.42 Å². The van der Waals surface area contributed by atoms with Gasteiger partial charge >= 0.3 is 0 Å². The zero-order valence-electron chi connectivity index (χ0n) is 8.87. The Hall–Kier alpha value is -0.420. The Labute approximate surface area is 85.9 Å². The molecule has 14 heavy (non-hydrogen) atoms. The van der Waals surface area contributed by atoms with E-state index in [1.54, 1.807) is 7.11 Å². The third-order valence-corrected chi connectivity index (χ3v) is 1.63. The minimum Gasteiger partial charge on any atom is -0.389 e. The molecular weight excluding hydrogens is 182 g/mol. The molecule has 2 N–H and O–H groups in total. The molecule has 0 aliphatic carbocycles. The molecule has 0 radical (unpaired) electrons. The fraction of sp³-hybridized carbons (Fsp3) is 0.800. The normalized spacial score (nSPS) is 12.7. The van der Waals surface area contributed by atoms with Gasteiger partial charge in [-0.3, -0.25) is 0 Å². The van der Waals surface area contributed by atoms with Gasteiger partial charge in [0.05, 0.1) is 25.9 Å². The molecule has 84 valence electrons. The van der Waals surface area contributed by atoms with Crippen LogP contribution in [0, 0.1) is 0 Å². The standard InChI is InChI=1S/C10H21NO3/c1-3-4-6-14-7-5-11-8-10(12)9-13-2/h3,10-12H,1,4-9H2,2H3. The van der Waals surface area contributed by atoms with Gasteiger partial charge in [-0.05, 0) is 6.42 Å². The van der Waals surface area contributed by atoms with Crippen LogP contribution in [0.5, 0.6) is 0 Å². The first-order valence-corrected chi connectivity index (χ1v) is 4.87. The van der Waals surface area contributed by atoms with Crippen LogP contribution in [0.2, 0.25) is 0 Å². The molecule has 1 atom stereocenters. The molecule has 0 bridgehead atoms. The average Bonchev–Trinajstić information content (AvgIpc) is 2.17. The molecule has 0 saturated carbocycles. The molecule has 0 saturated heterocycles. The number of rotatable bonds is 10. The zero-order chi connectivity index (χ0) is 10.6. The van der Waals surface area contributed by atoms with E-state index in [1.807, 2.05) is 6.08 Å². The molecule has 0 spiro atoms. The summed E-state index contributed by atoms with van der Waals surface area (Å²) in [4.78, 5) is 0. The number of hydrogen-bond donors (Lipinski definition) is 2. The van der Waals surface area contributed by atoms with Gasteiger partial charge in [-0.25, -0.2) is 0 Å². The highest BCUT2D eigenvalue weighted by Crippen LogP contribution is 1.83. The maximum atomic E-state index is 9.25. The van der Waals surface area contributed by atoms with Gasteiger partial charge < -0.3 is 19.9 Å². The second-order valence-electron chi connectivity index (χ2n) is 3.00. The third kappa shape index (κ3) is 9.67. The first kappa shape index (κ1) is 13.6.